The SMILES string of the molecule is CN(C)C(=O)COc1ccccc1C(=O)Nc1ccc2c(c1)OCO2. The van der Waals surface area contributed by atoms with Crippen molar-refractivity contribution < 1.29 is 23.8 Å². The summed E-state index contributed by atoms with van der Waals surface area (Å²) in [6.07, 6.45) is 0. The van der Waals surface area contributed by atoms with Crippen molar-refractivity contribution in [3.8, 4) is 17.2 Å². The van der Waals surface area contributed by atoms with Gasteiger partial charge in [-0.3, -0.25) is 9.59 Å². The van der Waals surface area contributed by atoms with Crippen LogP contribution in [-0.2, 0) is 4.79 Å². The summed E-state index contributed by atoms with van der Waals surface area (Å²) >= 11 is 0. The summed E-state index contributed by atoms with van der Waals surface area (Å²) < 4.78 is 16.0. The molecule has 25 heavy (non-hydrogen) atoms. The first kappa shape index (κ1) is 16.6. The first-order valence-electron chi connectivity index (χ1n) is 7.67. The molecular formula is C18H18N2O5. The van der Waals surface area contributed by atoms with Crippen LogP contribution in [0.25, 0.3) is 0 Å². The van der Waals surface area contributed by atoms with E-state index in [1.165, 1.54) is 4.90 Å². The third-order valence-electron chi connectivity index (χ3n) is 3.61. The minimum Gasteiger partial charge on any atom is -0.483 e. The van der Waals surface area contributed by atoms with Gasteiger partial charge in [-0.05, 0) is 24.3 Å². The van der Waals surface area contributed by atoms with E-state index in [1.54, 1.807) is 56.6 Å². The first-order valence-corrected chi connectivity index (χ1v) is 7.67. The van der Waals surface area contributed by atoms with Crippen molar-refractivity contribution in [3.63, 3.8) is 0 Å². The van der Waals surface area contributed by atoms with Gasteiger partial charge in [-0.25, -0.2) is 0 Å². The van der Waals surface area contributed by atoms with E-state index < -0.39 is 0 Å². The number of rotatable bonds is 5. The van der Waals surface area contributed by atoms with Crippen molar-refractivity contribution in [3.05, 3.63) is 48.0 Å². The van der Waals surface area contributed by atoms with Crippen LogP contribution >= 0.6 is 0 Å². The molecule has 0 aliphatic carbocycles. The van der Waals surface area contributed by atoms with Crippen LogP contribution in [0.2, 0.25) is 0 Å². The number of carbonyl (C=O) groups excluding carboxylic acids is 2. The van der Waals surface area contributed by atoms with Gasteiger partial charge >= 0.3 is 0 Å². The second-order valence-corrected chi connectivity index (χ2v) is 5.60. The second kappa shape index (κ2) is 7.12. The minimum absolute atomic E-state index is 0.138. The van der Waals surface area contributed by atoms with E-state index in [0.29, 0.717) is 28.5 Å². The van der Waals surface area contributed by atoms with Crippen molar-refractivity contribution in [2.24, 2.45) is 0 Å². The highest BCUT2D eigenvalue weighted by Crippen LogP contribution is 2.34. The van der Waals surface area contributed by atoms with E-state index in [9.17, 15) is 9.59 Å². The summed E-state index contributed by atoms with van der Waals surface area (Å²) in [4.78, 5) is 25.7. The number of anilines is 1. The molecule has 130 valence electrons. The molecule has 2 amide bonds. The van der Waals surface area contributed by atoms with Crippen molar-refractivity contribution >= 4 is 17.5 Å². The standard InChI is InChI=1S/C18H18N2O5/c1-20(2)17(21)10-23-14-6-4-3-5-13(14)18(22)19-12-7-8-15-16(9-12)25-11-24-15/h3-9H,10-11H2,1-2H3,(H,19,22). The lowest BCUT2D eigenvalue weighted by atomic mass is 10.1. The predicted octanol–water partition coefficient (Wildman–Crippen LogP) is 2.13. The van der Waals surface area contributed by atoms with Crippen LogP contribution in [0.3, 0.4) is 0 Å². The summed E-state index contributed by atoms with van der Waals surface area (Å²) in [5.41, 5.74) is 0.917. The maximum Gasteiger partial charge on any atom is 0.259 e. The summed E-state index contributed by atoms with van der Waals surface area (Å²) in [5.74, 6) is 1.04. The van der Waals surface area contributed by atoms with Gasteiger partial charge in [0.15, 0.2) is 18.1 Å². The van der Waals surface area contributed by atoms with E-state index >= 15 is 0 Å². The quantitative estimate of drug-likeness (QED) is 0.901. The Morgan fingerprint density at radius 1 is 1.12 bits per heavy atom. The summed E-state index contributed by atoms with van der Waals surface area (Å²) in [5, 5.41) is 2.79. The molecule has 0 unspecified atom stereocenters. The number of carbonyl (C=O) groups is 2. The Bertz CT molecular complexity index is 804. The fraction of sp³-hybridized carbons (Fsp3) is 0.222. The van der Waals surface area contributed by atoms with Crippen LogP contribution < -0.4 is 19.5 Å². The Balaban J connectivity index is 1.72. The highest BCUT2D eigenvalue weighted by molar-refractivity contribution is 6.06. The normalized spacial score (nSPS) is 11.8. The molecule has 3 rings (SSSR count). The fourth-order valence-corrected chi connectivity index (χ4v) is 2.22. The maximum absolute atomic E-state index is 12.6. The van der Waals surface area contributed by atoms with Crippen molar-refractivity contribution in [1.29, 1.82) is 0 Å². The molecule has 0 saturated heterocycles. The number of para-hydroxylation sites is 1. The first-order chi connectivity index (χ1) is 12.0. The number of likely N-dealkylation sites (N-methyl/N-ethyl adjacent to an activating group) is 1. The van der Waals surface area contributed by atoms with Crippen LogP contribution in [0.1, 0.15) is 10.4 Å². The molecule has 1 aliphatic heterocycles. The lowest BCUT2D eigenvalue weighted by molar-refractivity contribution is -0.130. The van der Waals surface area contributed by atoms with Gasteiger partial charge in [-0.2, -0.15) is 0 Å². The zero-order valence-electron chi connectivity index (χ0n) is 13.9. The molecule has 0 atom stereocenters. The minimum atomic E-state index is -0.341. The van der Waals surface area contributed by atoms with Gasteiger partial charge in [-0.15, -0.1) is 0 Å². The van der Waals surface area contributed by atoms with Crippen LogP contribution in [0.15, 0.2) is 42.5 Å². The Morgan fingerprint density at radius 3 is 2.68 bits per heavy atom. The zero-order chi connectivity index (χ0) is 17.8. The highest BCUT2D eigenvalue weighted by atomic mass is 16.7. The molecule has 0 radical (unpaired) electrons. The number of hydrogen-bond acceptors (Lipinski definition) is 5. The Labute approximate surface area is 145 Å². The third-order valence-corrected chi connectivity index (χ3v) is 3.61. The van der Waals surface area contributed by atoms with Crippen LogP contribution in [0, 0.1) is 0 Å². The van der Waals surface area contributed by atoms with E-state index in [4.69, 9.17) is 14.2 Å². The monoisotopic (exact) mass is 342 g/mol. The number of amides is 2. The van der Waals surface area contributed by atoms with Gasteiger partial charge < -0.3 is 24.4 Å². The van der Waals surface area contributed by atoms with Gasteiger partial charge in [0.1, 0.15) is 5.75 Å². The van der Waals surface area contributed by atoms with E-state index in [0.717, 1.165) is 0 Å². The topological polar surface area (TPSA) is 77.1 Å². The average molecular weight is 342 g/mol. The molecule has 7 nitrogen and oxygen atoms in total. The number of ether oxygens (including phenoxy) is 3. The van der Waals surface area contributed by atoms with Gasteiger partial charge in [0.2, 0.25) is 6.79 Å². The van der Waals surface area contributed by atoms with E-state index in [2.05, 4.69) is 5.32 Å². The molecule has 0 bridgehead atoms. The molecule has 2 aromatic rings. The number of nitrogens with one attached hydrogen (secondary N) is 1. The van der Waals surface area contributed by atoms with Crippen molar-refractivity contribution in [2.75, 3.05) is 32.8 Å². The van der Waals surface area contributed by atoms with Gasteiger partial charge in [-0.1, -0.05) is 12.1 Å². The number of hydrogen-bond donors (Lipinski definition) is 1. The zero-order valence-corrected chi connectivity index (χ0v) is 13.9. The summed E-state index contributed by atoms with van der Waals surface area (Å²) in [7, 11) is 3.29. The Morgan fingerprint density at radius 2 is 1.88 bits per heavy atom. The predicted molar refractivity (Wildman–Crippen MR) is 91.1 cm³/mol. The van der Waals surface area contributed by atoms with Crippen LogP contribution in [0.5, 0.6) is 17.2 Å². The number of nitrogens with zero attached hydrogens (tertiary/aromatic N) is 1. The molecule has 0 aromatic heterocycles. The molecule has 1 N–H and O–H groups in total. The van der Waals surface area contributed by atoms with Crippen molar-refractivity contribution in [2.45, 2.75) is 0 Å². The summed E-state index contributed by atoms with van der Waals surface area (Å²) in [6.45, 7) is 0.0324. The lowest BCUT2D eigenvalue weighted by Gasteiger charge is -2.14. The van der Waals surface area contributed by atoms with Gasteiger partial charge in [0.05, 0.1) is 5.56 Å². The number of fused-ring (bicyclic) bond motifs is 1. The fourth-order valence-electron chi connectivity index (χ4n) is 2.22. The molecule has 0 fully saturated rings. The molecule has 1 aliphatic rings. The van der Waals surface area contributed by atoms with Crippen LogP contribution in [-0.4, -0.2) is 44.2 Å². The third kappa shape index (κ3) is 3.82. The smallest absolute Gasteiger partial charge is 0.259 e. The second-order valence-electron chi connectivity index (χ2n) is 5.60. The van der Waals surface area contributed by atoms with Crippen molar-refractivity contribution in [1.82, 2.24) is 4.90 Å². The van der Waals surface area contributed by atoms with Crippen LogP contribution in [0.4, 0.5) is 5.69 Å². The van der Waals surface area contributed by atoms with E-state index in [-0.39, 0.29) is 25.2 Å². The van der Waals surface area contributed by atoms with Gasteiger partial charge in [0, 0.05) is 25.8 Å². The average Bonchev–Trinajstić information content (AvgIpc) is 3.07. The Hall–Kier alpha value is -3.22. The molecule has 2 aromatic carbocycles. The maximum atomic E-state index is 12.6. The Kier molecular flexibility index (Phi) is 4.74. The molecule has 0 saturated carbocycles. The largest absolute Gasteiger partial charge is 0.483 e. The molecule has 1 heterocycles. The highest BCUT2D eigenvalue weighted by Gasteiger charge is 2.17. The number of benzene rings is 2. The molecule has 0 spiro atoms. The molecular weight excluding hydrogens is 324 g/mol. The lowest BCUT2D eigenvalue weighted by Crippen LogP contribution is -2.28. The van der Waals surface area contributed by atoms with E-state index in [1.807, 2.05) is 0 Å². The summed E-state index contributed by atoms with van der Waals surface area (Å²) in [6, 6.07) is 11.9. The van der Waals surface area contributed by atoms with Gasteiger partial charge in [0.25, 0.3) is 11.8 Å². The molecule has 7 heteroatoms.